The topological polar surface area (TPSA) is 55.3 Å². The van der Waals surface area contributed by atoms with Crippen LogP contribution < -0.4 is 9.64 Å². The van der Waals surface area contributed by atoms with Gasteiger partial charge in [0.05, 0.1) is 11.8 Å². The van der Waals surface area contributed by atoms with Crippen molar-refractivity contribution in [2.75, 3.05) is 11.9 Å². The van der Waals surface area contributed by atoms with Crippen LogP contribution in [0.1, 0.15) is 35.3 Å². The van der Waals surface area contributed by atoms with E-state index in [9.17, 15) is 4.79 Å². The second-order valence-corrected chi connectivity index (χ2v) is 7.55. The highest BCUT2D eigenvalue weighted by atomic mass is 32.1. The van der Waals surface area contributed by atoms with Gasteiger partial charge in [0.2, 0.25) is 0 Å². The Hall–Kier alpha value is -2.73. The van der Waals surface area contributed by atoms with Crippen molar-refractivity contribution in [3.63, 3.8) is 0 Å². The summed E-state index contributed by atoms with van der Waals surface area (Å²) >= 11 is 1.45. The molecule has 0 spiro atoms. The van der Waals surface area contributed by atoms with Gasteiger partial charge in [0, 0.05) is 35.9 Å². The Morgan fingerprint density at radius 1 is 1.15 bits per heavy atom. The van der Waals surface area contributed by atoms with Crippen LogP contribution in [0, 0.1) is 13.8 Å². The Morgan fingerprint density at radius 3 is 2.37 bits per heavy atom. The van der Waals surface area contributed by atoms with E-state index in [1.165, 1.54) is 11.3 Å². The first-order chi connectivity index (χ1) is 12.9. The summed E-state index contributed by atoms with van der Waals surface area (Å²) in [5.74, 6) is 0.761. The molecule has 0 fully saturated rings. The number of hydrogen-bond acceptors (Lipinski definition) is 5. The average Bonchev–Trinajstić information content (AvgIpc) is 3.09. The zero-order chi connectivity index (χ0) is 19.6. The zero-order valence-corrected chi connectivity index (χ0v) is 17.0. The van der Waals surface area contributed by atoms with Gasteiger partial charge in [-0.2, -0.15) is 0 Å². The van der Waals surface area contributed by atoms with E-state index in [0.717, 1.165) is 28.1 Å². The van der Waals surface area contributed by atoms with E-state index >= 15 is 0 Å². The third-order valence-corrected chi connectivity index (χ3v) is 5.06. The number of aryl methyl sites for hydroxylation is 2. The first-order valence-corrected chi connectivity index (χ1v) is 9.66. The number of carbonyl (C=O) groups is 1. The molecule has 0 radical (unpaired) electrons. The van der Waals surface area contributed by atoms with E-state index in [0.29, 0.717) is 10.7 Å². The molecule has 1 aromatic carbocycles. The molecule has 1 amide bonds. The monoisotopic (exact) mass is 381 g/mol. The summed E-state index contributed by atoms with van der Waals surface area (Å²) in [6.07, 6.45) is 3.36. The molecule has 0 saturated carbocycles. The molecular formula is C21H23N3O2S. The van der Waals surface area contributed by atoms with E-state index in [-0.39, 0.29) is 12.0 Å². The summed E-state index contributed by atoms with van der Waals surface area (Å²) in [6, 6.07) is 7.48. The number of nitrogens with zero attached hydrogens (tertiary/aromatic N) is 3. The van der Waals surface area contributed by atoms with Crippen molar-refractivity contribution in [1.82, 2.24) is 9.97 Å². The van der Waals surface area contributed by atoms with Gasteiger partial charge < -0.3 is 4.74 Å². The summed E-state index contributed by atoms with van der Waals surface area (Å²) in [4.78, 5) is 22.9. The number of thiazole rings is 1. The Bertz CT molecular complexity index is 928. The molecule has 0 bridgehead atoms. The fraction of sp³-hybridized carbons (Fsp3) is 0.286. The fourth-order valence-corrected chi connectivity index (χ4v) is 3.76. The molecule has 3 rings (SSSR count). The SMILES string of the molecule is Cc1cc(OC(C)C)cc(C)c1-c1csc(N(C)C(=O)c2ccncc2)n1. The number of anilines is 1. The van der Waals surface area contributed by atoms with Crippen molar-refractivity contribution in [1.29, 1.82) is 0 Å². The number of hydrogen-bond donors (Lipinski definition) is 0. The van der Waals surface area contributed by atoms with E-state index < -0.39 is 0 Å². The molecule has 27 heavy (non-hydrogen) atoms. The van der Waals surface area contributed by atoms with Gasteiger partial charge in [-0.1, -0.05) is 0 Å². The lowest BCUT2D eigenvalue weighted by Gasteiger charge is -2.15. The van der Waals surface area contributed by atoms with Crippen molar-refractivity contribution in [3.8, 4) is 17.0 Å². The summed E-state index contributed by atoms with van der Waals surface area (Å²) in [5.41, 5.74) is 4.75. The van der Waals surface area contributed by atoms with E-state index in [2.05, 4.69) is 18.8 Å². The van der Waals surface area contributed by atoms with Crippen LogP contribution in [0.15, 0.2) is 42.0 Å². The minimum absolute atomic E-state index is 0.104. The molecule has 0 atom stereocenters. The molecule has 140 valence electrons. The molecule has 3 aromatic rings. The lowest BCUT2D eigenvalue weighted by atomic mass is 10.0. The summed E-state index contributed by atoms with van der Waals surface area (Å²) < 4.78 is 5.81. The molecule has 0 aliphatic carbocycles. The number of amides is 1. The number of benzene rings is 1. The largest absolute Gasteiger partial charge is 0.491 e. The van der Waals surface area contributed by atoms with Gasteiger partial charge in [-0.05, 0) is 63.1 Å². The maximum Gasteiger partial charge on any atom is 0.259 e. The quantitative estimate of drug-likeness (QED) is 0.632. The molecule has 0 aliphatic rings. The predicted molar refractivity (Wildman–Crippen MR) is 110 cm³/mol. The van der Waals surface area contributed by atoms with Crippen LogP contribution in [0.3, 0.4) is 0 Å². The third kappa shape index (κ3) is 4.17. The van der Waals surface area contributed by atoms with Crippen molar-refractivity contribution in [2.24, 2.45) is 0 Å². The molecule has 0 aliphatic heterocycles. The Morgan fingerprint density at radius 2 is 1.78 bits per heavy atom. The molecule has 0 unspecified atom stereocenters. The lowest BCUT2D eigenvalue weighted by molar-refractivity contribution is 0.0993. The fourth-order valence-electron chi connectivity index (χ4n) is 2.98. The number of aromatic nitrogens is 2. The second-order valence-electron chi connectivity index (χ2n) is 6.71. The molecular weight excluding hydrogens is 358 g/mol. The Kier molecular flexibility index (Phi) is 5.56. The van der Waals surface area contributed by atoms with Gasteiger partial charge >= 0.3 is 0 Å². The van der Waals surface area contributed by atoms with Gasteiger partial charge in [-0.15, -0.1) is 11.3 Å². The Labute approximate surface area is 163 Å². The lowest BCUT2D eigenvalue weighted by Crippen LogP contribution is -2.26. The van der Waals surface area contributed by atoms with Crippen LogP contribution in [-0.4, -0.2) is 29.0 Å². The van der Waals surface area contributed by atoms with Crippen LogP contribution in [0.4, 0.5) is 5.13 Å². The van der Waals surface area contributed by atoms with Crippen molar-refractivity contribution in [3.05, 3.63) is 58.7 Å². The molecule has 5 nitrogen and oxygen atoms in total. The maximum atomic E-state index is 12.6. The molecule has 6 heteroatoms. The number of rotatable bonds is 5. The number of ether oxygens (including phenoxy) is 1. The van der Waals surface area contributed by atoms with Crippen molar-refractivity contribution < 1.29 is 9.53 Å². The van der Waals surface area contributed by atoms with Crippen LogP contribution in [-0.2, 0) is 0 Å². The van der Waals surface area contributed by atoms with Gasteiger partial charge in [0.25, 0.3) is 5.91 Å². The third-order valence-electron chi connectivity index (χ3n) is 4.15. The van der Waals surface area contributed by atoms with Gasteiger partial charge in [0.15, 0.2) is 5.13 Å². The molecule has 2 heterocycles. The smallest absolute Gasteiger partial charge is 0.259 e. The molecule has 2 aromatic heterocycles. The van der Waals surface area contributed by atoms with Gasteiger partial charge in [0.1, 0.15) is 5.75 Å². The standard InChI is InChI=1S/C21H23N3O2S/c1-13(2)26-17-10-14(3)19(15(4)11-17)18-12-27-21(23-18)24(5)20(25)16-6-8-22-9-7-16/h6-13H,1-5H3. The molecule has 0 saturated heterocycles. The highest BCUT2D eigenvalue weighted by Crippen LogP contribution is 2.34. The first kappa shape index (κ1) is 19.0. The zero-order valence-electron chi connectivity index (χ0n) is 16.2. The predicted octanol–water partition coefficient (Wildman–Crippen LogP) is 4.89. The number of carbonyl (C=O) groups excluding carboxylic acids is 1. The van der Waals surface area contributed by atoms with E-state index in [4.69, 9.17) is 9.72 Å². The number of pyridine rings is 1. The van der Waals surface area contributed by atoms with E-state index in [1.807, 2.05) is 31.4 Å². The van der Waals surface area contributed by atoms with Gasteiger partial charge in [-0.25, -0.2) is 4.98 Å². The molecule has 0 N–H and O–H groups in total. The minimum Gasteiger partial charge on any atom is -0.491 e. The normalized spacial score (nSPS) is 10.9. The first-order valence-electron chi connectivity index (χ1n) is 8.78. The summed E-state index contributed by atoms with van der Waals surface area (Å²) in [6.45, 7) is 8.14. The average molecular weight is 382 g/mol. The van der Waals surface area contributed by atoms with Gasteiger partial charge in [-0.3, -0.25) is 14.7 Å². The maximum absolute atomic E-state index is 12.6. The van der Waals surface area contributed by atoms with Crippen molar-refractivity contribution >= 4 is 22.4 Å². The highest BCUT2D eigenvalue weighted by Gasteiger charge is 2.18. The van der Waals surface area contributed by atoms with Crippen LogP contribution in [0.2, 0.25) is 0 Å². The second kappa shape index (κ2) is 7.88. The summed E-state index contributed by atoms with van der Waals surface area (Å²) in [7, 11) is 1.74. The summed E-state index contributed by atoms with van der Waals surface area (Å²) in [5, 5.41) is 2.65. The Balaban J connectivity index is 1.89. The van der Waals surface area contributed by atoms with Crippen LogP contribution >= 0.6 is 11.3 Å². The van der Waals surface area contributed by atoms with Crippen LogP contribution in [0.5, 0.6) is 5.75 Å². The van der Waals surface area contributed by atoms with E-state index in [1.54, 1.807) is 36.5 Å². The minimum atomic E-state index is -0.104. The van der Waals surface area contributed by atoms with Crippen LogP contribution in [0.25, 0.3) is 11.3 Å². The van der Waals surface area contributed by atoms with Crippen molar-refractivity contribution in [2.45, 2.75) is 33.8 Å². The highest BCUT2D eigenvalue weighted by molar-refractivity contribution is 7.14.